The van der Waals surface area contributed by atoms with Gasteiger partial charge >= 0.3 is 11.4 Å². The molecule has 0 bridgehead atoms. The summed E-state index contributed by atoms with van der Waals surface area (Å²) in [4.78, 5) is 24.9. The Hall–Kier alpha value is -2.30. The number of aromatic nitrogens is 3. The van der Waals surface area contributed by atoms with E-state index in [2.05, 4.69) is 0 Å². The predicted octanol–water partition coefficient (Wildman–Crippen LogP) is 1.49. The van der Waals surface area contributed by atoms with E-state index in [1.807, 2.05) is 44.2 Å². The molecule has 0 aliphatic carbocycles. The quantitative estimate of drug-likeness (QED) is 0.727. The van der Waals surface area contributed by atoms with Gasteiger partial charge in [0.2, 0.25) is 0 Å². The molecule has 1 aliphatic rings. The Labute approximate surface area is 110 Å². The van der Waals surface area contributed by atoms with E-state index in [0.29, 0.717) is 5.69 Å². The molecule has 2 aromatic rings. The standard InChI is InChI=1S/C14H15N3O2/c1-10-8-9-11(2)17-14(19)15(13(18)16(10)17)12-6-4-3-5-7-12/h3-11H,1-2H3/t10-,11-/m1/s1. The van der Waals surface area contributed by atoms with E-state index in [4.69, 9.17) is 0 Å². The van der Waals surface area contributed by atoms with Gasteiger partial charge in [-0.2, -0.15) is 0 Å². The molecule has 3 rings (SSSR count). The Balaban J connectivity index is 2.34. The third-order valence-corrected chi connectivity index (χ3v) is 3.46. The summed E-state index contributed by atoms with van der Waals surface area (Å²) in [7, 11) is 0. The van der Waals surface area contributed by atoms with Gasteiger partial charge in [0.05, 0.1) is 17.8 Å². The van der Waals surface area contributed by atoms with E-state index in [9.17, 15) is 9.59 Å². The fraction of sp³-hybridized carbons (Fsp3) is 0.286. The summed E-state index contributed by atoms with van der Waals surface area (Å²) in [5, 5.41) is 0. The summed E-state index contributed by atoms with van der Waals surface area (Å²) in [6.07, 6.45) is 3.89. The Morgan fingerprint density at radius 3 is 1.79 bits per heavy atom. The lowest BCUT2D eigenvalue weighted by molar-refractivity contribution is 0.375. The van der Waals surface area contributed by atoms with Crippen molar-refractivity contribution in [2.45, 2.75) is 25.9 Å². The number of rotatable bonds is 1. The highest BCUT2D eigenvalue weighted by Gasteiger charge is 2.24. The van der Waals surface area contributed by atoms with Crippen molar-refractivity contribution < 1.29 is 0 Å². The first kappa shape index (κ1) is 11.8. The lowest BCUT2D eigenvalue weighted by Crippen LogP contribution is -2.33. The number of nitrogens with zero attached hydrogens (tertiary/aromatic N) is 3. The molecule has 0 saturated heterocycles. The minimum atomic E-state index is -0.292. The maximum Gasteiger partial charge on any atom is 0.352 e. The normalized spacial score (nSPS) is 21.4. The average molecular weight is 257 g/mol. The van der Waals surface area contributed by atoms with Crippen LogP contribution in [0.15, 0.2) is 52.1 Å². The monoisotopic (exact) mass is 257 g/mol. The minimum absolute atomic E-state index is 0.110. The van der Waals surface area contributed by atoms with Crippen molar-refractivity contribution >= 4 is 0 Å². The zero-order valence-corrected chi connectivity index (χ0v) is 10.9. The van der Waals surface area contributed by atoms with Gasteiger partial charge < -0.3 is 0 Å². The van der Waals surface area contributed by atoms with Crippen molar-refractivity contribution in [3.8, 4) is 5.69 Å². The van der Waals surface area contributed by atoms with E-state index < -0.39 is 0 Å². The van der Waals surface area contributed by atoms with Gasteiger partial charge in [-0.15, -0.1) is 0 Å². The molecule has 98 valence electrons. The van der Waals surface area contributed by atoms with Crippen LogP contribution in [-0.2, 0) is 0 Å². The number of fused-ring (bicyclic) bond motifs is 1. The van der Waals surface area contributed by atoms with Crippen LogP contribution in [0.4, 0.5) is 0 Å². The van der Waals surface area contributed by atoms with Crippen LogP contribution in [0.25, 0.3) is 5.69 Å². The lowest BCUT2D eigenvalue weighted by atomic mass is 10.2. The summed E-state index contributed by atoms with van der Waals surface area (Å²) in [6, 6.07) is 8.79. The van der Waals surface area contributed by atoms with Crippen molar-refractivity contribution in [2.75, 3.05) is 0 Å². The van der Waals surface area contributed by atoms with Crippen molar-refractivity contribution in [2.24, 2.45) is 0 Å². The first-order valence-corrected chi connectivity index (χ1v) is 6.31. The van der Waals surface area contributed by atoms with Crippen LogP contribution in [0.5, 0.6) is 0 Å². The molecule has 0 amide bonds. The van der Waals surface area contributed by atoms with E-state index >= 15 is 0 Å². The Bertz CT molecular complexity index is 706. The molecular formula is C14H15N3O2. The van der Waals surface area contributed by atoms with Gasteiger partial charge in [-0.1, -0.05) is 30.4 Å². The second kappa shape index (κ2) is 4.12. The summed E-state index contributed by atoms with van der Waals surface area (Å²) < 4.78 is 4.25. The second-order valence-electron chi connectivity index (χ2n) is 4.79. The molecule has 2 atom stereocenters. The zero-order valence-electron chi connectivity index (χ0n) is 10.9. The van der Waals surface area contributed by atoms with Gasteiger partial charge in [-0.3, -0.25) is 0 Å². The van der Waals surface area contributed by atoms with Crippen LogP contribution < -0.4 is 11.4 Å². The molecule has 5 heteroatoms. The smallest absolute Gasteiger partial charge is 0.245 e. The zero-order chi connectivity index (χ0) is 13.6. The molecule has 1 aliphatic heterocycles. The molecule has 1 aromatic heterocycles. The maximum atomic E-state index is 12.5. The highest BCUT2D eigenvalue weighted by Crippen LogP contribution is 2.17. The van der Waals surface area contributed by atoms with E-state index in [0.717, 1.165) is 0 Å². The first-order valence-electron chi connectivity index (χ1n) is 6.31. The van der Waals surface area contributed by atoms with Gasteiger partial charge in [0.15, 0.2) is 0 Å². The molecule has 0 spiro atoms. The van der Waals surface area contributed by atoms with Gasteiger partial charge in [-0.25, -0.2) is 23.5 Å². The van der Waals surface area contributed by atoms with Crippen LogP contribution in [-0.4, -0.2) is 13.9 Å². The van der Waals surface area contributed by atoms with Crippen molar-refractivity contribution in [3.05, 3.63) is 63.5 Å². The highest BCUT2D eigenvalue weighted by molar-refractivity contribution is 5.30. The molecule has 19 heavy (non-hydrogen) atoms. The molecule has 0 N–H and O–H groups in total. The Kier molecular flexibility index (Phi) is 2.55. The minimum Gasteiger partial charge on any atom is -0.245 e. The number of benzene rings is 1. The van der Waals surface area contributed by atoms with Gasteiger partial charge in [-0.05, 0) is 26.0 Å². The average Bonchev–Trinajstić information content (AvgIpc) is 2.68. The lowest BCUT2D eigenvalue weighted by Gasteiger charge is -2.21. The van der Waals surface area contributed by atoms with E-state index in [1.165, 1.54) is 13.9 Å². The highest BCUT2D eigenvalue weighted by atomic mass is 16.2. The van der Waals surface area contributed by atoms with Crippen molar-refractivity contribution in [3.63, 3.8) is 0 Å². The topological polar surface area (TPSA) is 48.9 Å². The molecule has 0 radical (unpaired) electrons. The van der Waals surface area contributed by atoms with Crippen molar-refractivity contribution in [1.82, 2.24) is 13.9 Å². The van der Waals surface area contributed by atoms with Crippen molar-refractivity contribution in [1.29, 1.82) is 0 Å². The molecule has 0 unspecified atom stereocenters. The summed E-state index contributed by atoms with van der Waals surface area (Å²) in [6.45, 7) is 3.80. The van der Waals surface area contributed by atoms with Crippen LogP contribution in [0.1, 0.15) is 25.9 Å². The summed E-state index contributed by atoms with van der Waals surface area (Å²) in [5.41, 5.74) is 0.0195. The predicted molar refractivity (Wildman–Crippen MR) is 72.9 cm³/mol. The van der Waals surface area contributed by atoms with Gasteiger partial charge in [0.25, 0.3) is 0 Å². The third-order valence-electron chi connectivity index (χ3n) is 3.46. The molecular weight excluding hydrogens is 242 g/mol. The van der Waals surface area contributed by atoms with E-state index in [1.54, 1.807) is 12.1 Å². The fourth-order valence-electron chi connectivity index (χ4n) is 2.49. The maximum absolute atomic E-state index is 12.5. The Morgan fingerprint density at radius 2 is 1.32 bits per heavy atom. The molecule has 0 saturated carbocycles. The third kappa shape index (κ3) is 1.62. The molecule has 5 nitrogen and oxygen atoms in total. The first-order chi connectivity index (χ1) is 9.11. The SMILES string of the molecule is C[C@@H]1C=C[C@@H](C)n2c(=O)n(-c3ccccc3)c(=O)n21. The summed E-state index contributed by atoms with van der Waals surface area (Å²) >= 11 is 0. The van der Waals surface area contributed by atoms with Gasteiger partial charge in [0.1, 0.15) is 0 Å². The Morgan fingerprint density at radius 1 is 0.842 bits per heavy atom. The molecule has 2 heterocycles. The second-order valence-corrected chi connectivity index (χ2v) is 4.79. The van der Waals surface area contributed by atoms with E-state index in [-0.39, 0.29) is 23.5 Å². The van der Waals surface area contributed by atoms with Crippen LogP contribution in [0.3, 0.4) is 0 Å². The largest absolute Gasteiger partial charge is 0.352 e. The van der Waals surface area contributed by atoms with Crippen LogP contribution in [0, 0.1) is 0 Å². The fourth-order valence-corrected chi connectivity index (χ4v) is 2.49. The molecule has 1 aromatic carbocycles. The number of allylic oxidation sites excluding steroid dienone is 2. The number of hydrogen-bond donors (Lipinski definition) is 0. The van der Waals surface area contributed by atoms with Gasteiger partial charge in [0, 0.05) is 0 Å². The number of para-hydroxylation sites is 1. The van der Waals surface area contributed by atoms with Crippen LogP contribution in [0.2, 0.25) is 0 Å². The van der Waals surface area contributed by atoms with Crippen LogP contribution >= 0.6 is 0 Å². The molecule has 0 fully saturated rings. The summed E-state index contributed by atoms with van der Waals surface area (Å²) in [5.74, 6) is 0. The number of hydrogen-bond acceptors (Lipinski definition) is 2.